The maximum Gasteiger partial charge on any atom is 0.164 e. The molecule has 0 spiro atoms. The monoisotopic (exact) mass is 689 g/mol. The van der Waals surface area contributed by atoms with Crippen LogP contribution >= 0.6 is 0 Å². The van der Waals surface area contributed by atoms with Crippen LogP contribution in [0, 0.1) is 47.3 Å². The minimum absolute atomic E-state index is 0.298. The van der Waals surface area contributed by atoms with E-state index >= 15 is 0 Å². The average Bonchev–Trinajstić information content (AvgIpc) is 3.20. The van der Waals surface area contributed by atoms with Crippen molar-refractivity contribution in [3.63, 3.8) is 0 Å². The Hall–Kier alpha value is -5.91. The van der Waals surface area contributed by atoms with Crippen LogP contribution in [0.25, 0.3) is 56.4 Å². The van der Waals surface area contributed by atoms with E-state index in [-0.39, 0.29) is 0 Å². The van der Waals surface area contributed by atoms with E-state index in [4.69, 9.17) is 15.0 Å². The van der Waals surface area contributed by atoms with Crippen molar-refractivity contribution in [1.82, 2.24) is 15.0 Å². The van der Waals surface area contributed by atoms with Gasteiger partial charge in [0, 0.05) is 16.7 Å². The van der Waals surface area contributed by atoms with Crippen molar-refractivity contribution in [3.8, 4) is 68.6 Å². The standard InChI is InChI=1S/C48H43N5/c1-4-33-23-36-21-32(3)26-48(27-33,28-36)42-18-15-37(16-19-42)39-17-20-43(44(25-39)40-9-5-7-31(2)22-40)47-52-45(38-13-11-34(29-49)12-14-38)51-46(53-47)41-10-6-8-35(24-41)30-50/h5-20,22,24-25,32-33,36H,4,21,23,26-28H2,1-3H3/t32-,33+,36-,48?/m0/s1. The Balaban J connectivity index is 1.24. The van der Waals surface area contributed by atoms with Gasteiger partial charge in [-0.2, -0.15) is 10.5 Å². The third-order valence-electron chi connectivity index (χ3n) is 11.7. The van der Waals surface area contributed by atoms with Crippen molar-refractivity contribution in [2.75, 3.05) is 0 Å². The molecular formula is C48H43N5. The fourth-order valence-electron chi connectivity index (χ4n) is 9.32. The second-order valence-electron chi connectivity index (χ2n) is 15.5. The Morgan fingerprint density at radius 3 is 2.02 bits per heavy atom. The molecule has 2 bridgehead atoms. The van der Waals surface area contributed by atoms with Crippen LogP contribution in [0.3, 0.4) is 0 Å². The normalized spacial score (nSPS) is 20.7. The maximum atomic E-state index is 9.65. The van der Waals surface area contributed by atoms with E-state index in [2.05, 4.69) is 99.6 Å². The van der Waals surface area contributed by atoms with Crippen molar-refractivity contribution in [1.29, 1.82) is 10.5 Å². The predicted octanol–water partition coefficient (Wildman–Crippen LogP) is 11.8. The first-order valence-electron chi connectivity index (χ1n) is 18.9. The molecule has 8 rings (SSSR count). The summed E-state index contributed by atoms with van der Waals surface area (Å²) in [6, 6.07) is 43.7. The number of hydrogen-bond donors (Lipinski definition) is 0. The van der Waals surface area contributed by atoms with Gasteiger partial charge in [0.15, 0.2) is 17.5 Å². The Bertz CT molecular complexity index is 2380. The third-order valence-corrected chi connectivity index (χ3v) is 11.7. The van der Waals surface area contributed by atoms with Crippen LogP contribution in [0.1, 0.15) is 74.6 Å². The van der Waals surface area contributed by atoms with Crippen LogP contribution in [0.4, 0.5) is 0 Å². The van der Waals surface area contributed by atoms with E-state index in [0.29, 0.717) is 34.0 Å². The minimum atomic E-state index is 0.298. The van der Waals surface area contributed by atoms with Crippen LogP contribution in [-0.2, 0) is 5.41 Å². The van der Waals surface area contributed by atoms with Gasteiger partial charge in [-0.15, -0.1) is 0 Å². The molecule has 5 nitrogen and oxygen atoms in total. The van der Waals surface area contributed by atoms with E-state index in [9.17, 15) is 10.5 Å². The van der Waals surface area contributed by atoms with E-state index in [0.717, 1.165) is 51.1 Å². The molecule has 6 aromatic rings. The zero-order valence-corrected chi connectivity index (χ0v) is 30.7. The van der Waals surface area contributed by atoms with Gasteiger partial charge in [0.2, 0.25) is 0 Å². The summed E-state index contributed by atoms with van der Waals surface area (Å²) in [5, 5.41) is 19.1. The molecular weight excluding hydrogens is 647 g/mol. The molecule has 2 saturated carbocycles. The number of nitrogens with zero attached hydrogens (tertiary/aromatic N) is 5. The molecule has 5 aromatic carbocycles. The molecule has 4 atom stereocenters. The summed E-state index contributed by atoms with van der Waals surface area (Å²) in [5.74, 6) is 3.97. The predicted molar refractivity (Wildman–Crippen MR) is 212 cm³/mol. The van der Waals surface area contributed by atoms with Gasteiger partial charge >= 0.3 is 0 Å². The average molecular weight is 690 g/mol. The second kappa shape index (κ2) is 14.3. The molecule has 1 heterocycles. The smallest absolute Gasteiger partial charge is 0.164 e. The first-order chi connectivity index (χ1) is 25.8. The molecule has 5 heteroatoms. The number of rotatable bonds is 7. The number of fused-ring (bicyclic) bond motifs is 2. The molecule has 0 saturated heterocycles. The largest absolute Gasteiger partial charge is 0.208 e. The van der Waals surface area contributed by atoms with E-state index in [1.807, 2.05) is 24.3 Å². The van der Waals surface area contributed by atoms with Crippen LogP contribution in [0.5, 0.6) is 0 Å². The summed E-state index contributed by atoms with van der Waals surface area (Å²) in [5.41, 5.74) is 10.9. The highest BCUT2D eigenvalue weighted by Crippen LogP contribution is 2.55. The molecule has 0 radical (unpaired) electrons. The molecule has 0 aliphatic heterocycles. The zero-order chi connectivity index (χ0) is 36.5. The lowest BCUT2D eigenvalue weighted by Crippen LogP contribution is -2.42. The fourth-order valence-corrected chi connectivity index (χ4v) is 9.32. The Labute approximate surface area is 313 Å². The Morgan fingerprint density at radius 2 is 1.28 bits per heavy atom. The van der Waals surface area contributed by atoms with Gasteiger partial charge in [-0.25, -0.2) is 15.0 Å². The number of aryl methyl sites for hydroxylation is 1. The molecule has 1 aromatic heterocycles. The lowest BCUT2D eigenvalue weighted by Gasteiger charge is -2.51. The molecule has 2 aliphatic rings. The quantitative estimate of drug-likeness (QED) is 0.166. The van der Waals surface area contributed by atoms with Crippen molar-refractivity contribution >= 4 is 0 Å². The summed E-state index contributed by atoms with van der Waals surface area (Å²) < 4.78 is 0. The van der Waals surface area contributed by atoms with Crippen LogP contribution in [0.15, 0.2) is 115 Å². The summed E-state index contributed by atoms with van der Waals surface area (Å²) in [4.78, 5) is 15.0. The molecule has 53 heavy (non-hydrogen) atoms. The zero-order valence-electron chi connectivity index (χ0n) is 30.7. The van der Waals surface area contributed by atoms with Crippen LogP contribution in [0.2, 0.25) is 0 Å². The SMILES string of the molecule is CC[C@@H]1C[C@@H]2C[C@H](C)CC(c3ccc(-c4ccc(-c5nc(-c6ccc(C#N)cc6)nc(-c6cccc(C#N)c6)n5)c(-c5cccc(C)c5)c4)cc3)(C1)C2. The van der Waals surface area contributed by atoms with E-state index in [1.165, 1.54) is 55.2 Å². The van der Waals surface area contributed by atoms with Gasteiger partial charge in [0.25, 0.3) is 0 Å². The number of nitriles is 2. The Kier molecular flexibility index (Phi) is 9.19. The van der Waals surface area contributed by atoms with Gasteiger partial charge < -0.3 is 0 Å². The number of benzene rings is 5. The molecule has 260 valence electrons. The van der Waals surface area contributed by atoms with Crippen molar-refractivity contribution in [3.05, 3.63) is 138 Å². The molecule has 0 N–H and O–H groups in total. The van der Waals surface area contributed by atoms with Crippen LogP contribution in [-0.4, -0.2) is 15.0 Å². The van der Waals surface area contributed by atoms with Crippen molar-refractivity contribution < 1.29 is 0 Å². The van der Waals surface area contributed by atoms with Gasteiger partial charge in [0.1, 0.15) is 0 Å². The number of hydrogen-bond acceptors (Lipinski definition) is 5. The molecule has 1 unspecified atom stereocenters. The van der Waals surface area contributed by atoms with E-state index in [1.54, 1.807) is 24.3 Å². The molecule has 0 amide bonds. The van der Waals surface area contributed by atoms with Crippen LogP contribution < -0.4 is 0 Å². The topological polar surface area (TPSA) is 86.2 Å². The lowest BCUT2D eigenvalue weighted by atomic mass is 9.54. The molecule has 2 aliphatic carbocycles. The highest BCUT2D eigenvalue weighted by Gasteiger charge is 2.45. The third kappa shape index (κ3) is 6.88. The van der Waals surface area contributed by atoms with Gasteiger partial charge in [-0.1, -0.05) is 92.6 Å². The Morgan fingerprint density at radius 1 is 0.604 bits per heavy atom. The molecule has 2 fully saturated rings. The van der Waals surface area contributed by atoms with Gasteiger partial charge in [-0.05, 0) is 139 Å². The summed E-state index contributed by atoms with van der Waals surface area (Å²) in [6.45, 7) is 6.95. The summed E-state index contributed by atoms with van der Waals surface area (Å²) >= 11 is 0. The fraction of sp³-hybridized carbons (Fsp3) is 0.271. The first-order valence-corrected chi connectivity index (χ1v) is 18.9. The first kappa shape index (κ1) is 34.2. The maximum absolute atomic E-state index is 9.65. The highest BCUT2D eigenvalue weighted by molar-refractivity contribution is 5.86. The van der Waals surface area contributed by atoms with Gasteiger partial charge in [0.05, 0.1) is 23.3 Å². The number of aromatic nitrogens is 3. The van der Waals surface area contributed by atoms with Crippen molar-refractivity contribution in [2.45, 2.75) is 64.7 Å². The van der Waals surface area contributed by atoms with Crippen molar-refractivity contribution in [2.24, 2.45) is 17.8 Å². The van der Waals surface area contributed by atoms with E-state index < -0.39 is 0 Å². The van der Waals surface area contributed by atoms with Gasteiger partial charge in [-0.3, -0.25) is 0 Å². The second-order valence-corrected chi connectivity index (χ2v) is 15.5. The minimum Gasteiger partial charge on any atom is -0.208 e. The lowest BCUT2D eigenvalue weighted by molar-refractivity contribution is 0.0702. The summed E-state index contributed by atoms with van der Waals surface area (Å²) in [7, 11) is 0. The summed E-state index contributed by atoms with van der Waals surface area (Å²) in [6.07, 6.45) is 8.01. The highest BCUT2D eigenvalue weighted by atomic mass is 15.0.